The number of amides is 1. The van der Waals surface area contributed by atoms with Gasteiger partial charge in [0, 0.05) is 13.1 Å². The molecule has 2 fully saturated rings. The zero-order valence-electron chi connectivity index (χ0n) is 13.4. The van der Waals surface area contributed by atoms with Crippen molar-refractivity contribution in [1.29, 1.82) is 0 Å². The Labute approximate surface area is 124 Å². The summed E-state index contributed by atoms with van der Waals surface area (Å²) in [5.74, 6) is 2.09. The highest BCUT2D eigenvalue weighted by atomic mass is 16.2. The molecule has 1 saturated heterocycles. The fourth-order valence-corrected chi connectivity index (χ4v) is 3.80. The Morgan fingerprint density at radius 2 is 1.95 bits per heavy atom. The molecule has 1 aliphatic heterocycles. The van der Waals surface area contributed by atoms with Gasteiger partial charge in [-0.2, -0.15) is 0 Å². The van der Waals surface area contributed by atoms with Crippen LogP contribution < -0.4 is 5.32 Å². The summed E-state index contributed by atoms with van der Waals surface area (Å²) in [5, 5.41) is 3.45. The lowest BCUT2D eigenvalue weighted by Crippen LogP contribution is -2.47. The van der Waals surface area contributed by atoms with Gasteiger partial charge in [0.25, 0.3) is 0 Å². The maximum atomic E-state index is 12.3. The van der Waals surface area contributed by atoms with E-state index >= 15 is 0 Å². The van der Waals surface area contributed by atoms with Gasteiger partial charge in [0.1, 0.15) is 0 Å². The quantitative estimate of drug-likeness (QED) is 0.839. The van der Waals surface area contributed by atoms with E-state index in [1.807, 2.05) is 11.8 Å². The Morgan fingerprint density at radius 3 is 2.65 bits per heavy atom. The molecule has 3 heteroatoms. The molecule has 0 aromatic heterocycles. The highest BCUT2D eigenvalue weighted by Crippen LogP contribution is 2.30. The summed E-state index contributed by atoms with van der Waals surface area (Å²) in [6.07, 6.45) is 10.5. The van der Waals surface area contributed by atoms with Gasteiger partial charge in [0.15, 0.2) is 0 Å². The fraction of sp³-hybridized carbons (Fsp3) is 0.941. The van der Waals surface area contributed by atoms with Crippen LogP contribution in [0.2, 0.25) is 0 Å². The van der Waals surface area contributed by atoms with Crippen molar-refractivity contribution in [2.75, 3.05) is 19.6 Å². The van der Waals surface area contributed by atoms with Crippen LogP contribution in [0.5, 0.6) is 0 Å². The molecule has 2 aliphatic rings. The maximum Gasteiger partial charge on any atom is 0.239 e. The lowest BCUT2D eigenvalue weighted by atomic mass is 9.81. The Hall–Kier alpha value is -0.570. The highest BCUT2D eigenvalue weighted by Gasteiger charge is 2.22. The van der Waals surface area contributed by atoms with Gasteiger partial charge in [-0.15, -0.1) is 0 Å². The molecule has 0 spiro atoms. The van der Waals surface area contributed by atoms with E-state index in [1.54, 1.807) is 0 Å². The average molecular weight is 280 g/mol. The molecule has 1 amide bonds. The minimum atomic E-state index is -0.00545. The second-order valence-electron chi connectivity index (χ2n) is 6.99. The van der Waals surface area contributed by atoms with Gasteiger partial charge < -0.3 is 10.2 Å². The van der Waals surface area contributed by atoms with Crippen molar-refractivity contribution in [2.45, 2.75) is 71.3 Å². The monoisotopic (exact) mass is 280 g/mol. The molecule has 1 N–H and O–H groups in total. The minimum Gasteiger partial charge on any atom is -0.341 e. The van der Waals surface area contributed by atoms with E-state index in [0.29, 0.717) is 5.91 Å². The summed E-state index contributed by atoms with van der Waals surface area (Å²) in [5.41, 5.74) is 0. The van der Waals surface area contributed by atoms with Crippen LogP contribution in [0.3, 0.4) is 0 Å². The van der Waals surface area contributed by atoms with Crippen LogP contribution in [0.25, 0.3) is 0 Å². The van der Waals surface area contributed by atoms with Crippen LogP contribution in [0.1, 0.15) is 65.2 Å². The molecule has 3 nitrogen and oxygen atoms in total. The molecule has 3 unspecified atom stereocenters. The fourth-order valence-electron chi connectivity index (χ4n) is 3.80. The largest absolute Gasteiger partial charge is 0.341 e. The topological polar surface area (TPSA) is 32.3 Å². The second-order valence-corrected chi connectivity index (χ2v) is 6.99. The van der Waals surface area contributed by atoms with Gasteiger partial charge in [0.05, 0.1) is 6.04 Å². The molecule has 3 atom stereocenters. The van der Waals surface area contributed by atoms with Crippen molar-refractivity contribution in [2.24, 2.45) is 11.8 Å². The zero-order valence-corrected chi connectivity index (χ0v) is 13.4. The Kier molecular flexibility index (Phi) is 6.34. The first kappa shape index (κ1) is 15.8. The van der Waals surface area contributed by atoms with Gasteiger partial charge in [-0.3, -0.25) is 4.79 Å². The predicted molar refractivity (Wildman–Crippen MR) is 83.6 cm³/mol. The van der Waals surface area contributed by atoms with E-state index in [4.69, 9.17) is 0 Å². The van der Waals surface area contributed by atoms with Crippen molar-refractivity contribution in [3.8, 4) is 0 Å². The van der Waals surface area contributed by atoms with Crippen molar-refractivity contribution in [1.82, 2.24) is 10.2 Å². The van der Waals surface area contributed by atoms with E-state index < -0.39 is 0 Å². The molecule has 0 aromatic rings. The second kappa shape index (κ2) is 8.02. The van der Waals surface area contributed by atoms with Crippen LogP contribution in [-0.2, 0) is 4.79 Å². The Balaban J connectivity index is 1.63. The standard InChI is InChI=1S/C17H32N2O/c1-14-7-6-8-16(13-14)9-10-18-15(2)17(20)19-11-4-3-5-12-19/h14-16,18H,3-13H2,1-2H3. The van der Waals surface area contributed by atoms with Crippen molar-refractivity contribution < 1.29 is 4.79 Å². The van der Waals surface area contributed by atoms with Gasteiger partial charge in [-0.25, -0.2) is 0 Å². The van der Waals surface area contributed by atoms with Crippen LogP contribution in [-0.4, -0.2) is 36.5 Å². The smallest absolute Gasteiger partial charge is 0.239 e. The summed E-state index contributed by atoms with van der Waals surface area (Å²) in [6.45, 7) is 7.33. The first-order valence-corrected chi connectivity index (χ1v) is 8.69. The van der Waals surface area contributed by atoms with Crippen LogP contribution >= 0.6 is 0 Å². The molecular formula is C17H32N2O. The molecule has 0 bridgehead atoms. The number of carbonyl (C=O) groups excluding carboxylic acids is 1. The van der Waals surface area contributed by atoms with Crippen LogP contribution in [0.15, 0.2) is 0 Å². The van der Waals surface area contributed by atoms with Gasteiger partial charge in [0.2, 0.25) is 5.91 Å². The van der Waals surface area contributed by atoms with E-state index in [1.165, 1.54) is 51.4 Å². The molecule has 20 heavy (non-hydrogen) atoms. The van der Waals surface area contributed by atoms with Crippen molar-refractivity contribution in [3.05, 3.63) is 0 Å². The number of nitrogens with zero attached hydrogens (tertiary/aromatic N) is 1. The number of piperidine rings is 1. The highest BCUT2D eigenvalue weighted by molar-refractivity contribution is 5.81. The number of hydrogen-bond acceptors (Lipinski definition) is 2. The first-order valence-electron chi connectivity index (χ1n) is 8.69. The normalized spacial score (nSPS) is 29.2. The third-order valence-corrected chi connectivity index (χ3v) is 5.09. The number of rotatable bonds is 5. The summed E-state index contributed by atoms with van der Waals surface area (Å²) in [4.78, 5) is 14.3. The van der Waals surface area contributed by atoms with Gasteiger partial charge >= 0.3 is 0 Å². The number of nitrogens with one attached hydrogen (secondary N) is 1. The van der Waals surface area contributed by atoms with E-state index in [2.05, 4.69) is 12.2 Å². The Morgan fingerprint density at radius 1 is 1.20 bits per heavy atom. The van der Waals surface area contributed by atoms with Crippen LogP contribution in [0.4, 0.5) is 0 Å². The molecule has 0 radical (unpaired) electrons. The average Bonchev–Trinajstić information content (AvgIpc) is 2.47. The molecule has 1 aliphatic carbocycles. The number of carbonyl (C=O) groups is 1. The van der Waals surface area contributed by atoms with E-state index in [9.17, 15) is 4.79 Å². The molecule has 0 aromatic carbocycles. The van der Waals surface area contributed by atoms with Crippen LogP contribution in [0, 0.1) is 11.8 Å². The maximum absolute atomic E-state index is 12.3. The van der Waals surface area contributed by atoms with Gasteiger partial charge in [-0.1, -0.05) is 26.2 Å². The number of likely N-dealkylation sites (tertiary alicyclic amines) is 1. The summed E-state index contributed by atoms with van der Waals surface area (Å²) >= 11 is 0. The first-order chi connectivity index (χ1) is 9.66. The molecule has 1 saturated carbocycles. The molecule has 2 rings (SSSR count). The summed E-state index contributed by atoms with van der Waals surface area (Å²) in [7, 11) is 0. The summed E-state index contributed by atoms with van der Waals surface area (Å²) in [6, 6.07) is -0.00545. The van der Waals surface area contributed by atoms with Crippen molar-refractivity contribution >= 4 is 5.91 Å². The number of hydrogen-bond donors (Lipinski definition) is 1. The minimum absolute atomic E-state index is 0.00545. The molecule has 1 heterocycles. The van der Waals surface area contributed by atoms with E-state index in [0.717, 1.165) is 31.5 Å². The predicted octanol–water partition coefficient (Wildman–Crippen LogP) is 3.19. The third-order valence-electron chi connectivity index (χ3n) is 5.09. The SMILES string of the molecule is CC1CCCC(CCNC(C)C(=O)N2CCCCC2)C1. The Bertz CT molecular complexity index is 299. The van der Waals surface area contributed by atoms with Gasteiger partial charge in [-0.05, 0) is 57.4 Å². The lowest BCUT2D eigenvalue weighted by molar-refractivity contribution is -0.133. The molecular weight excluding hydrogens is 248 g/mol. The molecule has 116 valence electrons. The van der Waals surface area contributed by atoms with E-state index in [-0.39, 0.29) is 6.04 Å². The summed E-state index contributed by atoms with van der Waals surface area (Å²) < 4.78 is 0. The lowest BCUT2D eigenvalue weighted by Gasteiger charge is -2.30. The van der Waals surface area contributed by atoms with Crippen molar-refractivity contribution in [3.63, 3.8) is 0 Å². The zero-order chi connectivity index (χ0) is 14.4. The third kappa shape index (κ3) is 4.76.